The lowest BCUT2D eigenvalue weighted by Gasteiger charge is -2.08. The summed E-state index contributed by atoms with van der Waals surface area (Å²) in [6, 6.07) is 10.2. The monoisotopic (exact) mass is 277 g/mol. The van der Waals surface area contributed by atoms with Gasteiger partial charge in [0.2, 0.25) is 0 Å². The topological polar surface area (TPSA) is 48.4 Å². The minimum absolute atomic E-state index is 0.106. The highest BCUT2D eigenvalue weighted by molar-refractivity contribution is 6.31. The van der Waals surface area contributed by atoms with Crippen molar-refractivity contribution in [2.75, 3.05) is 7.11 Å². The number of methoxy groups -OCH3 is 1. The van der Waals surface area contributed by atoms with Gasteiger partial charge in [0.15, 0.2) is 0 Å². The molecule has 0 amide bonds. The molecule has 1 aromatic carbocycles. The van der Waals surface area contributed by atoms with Crippen LogP contribution in [0, 0.1) is 0 Å². The molecule has 2 aromatic rings. The van der Waals surface area contributed by atoms with Gasteiger partial charge in [-0.15, -0.1) is 0 Å². The maximum atomic E-state index is 12.0. The Balaban J connectivity index is 2.10. The van der Waals surface area contributed by atoms with Gasteiger partial charge in [0.05, 0.1) is 12.8 Å². The maximum Gasteiger partial charge on any atom is 0.342 e. The van der Waals surface area contributed by atoms with Crippen LogP contribution >= 0.6 is 11.6 Å². The van der Waals surface area contributed by atoms with Crippen LogP contribution < -0.4 is 4.74 Å². The first-order chi connectivity index (χ1) is 9.20. The quantitative estimate of drug-likeness (QED) is 0.806. The average molecular weight is 278 g/mol. The van der Waals surface area contributed by atoms with E-state index in [9.17, 15) is 4.79 Å². The van der Waals surface area contributed by atoms with Crippen molar-refractivity contribution in [3.8, 4) is 5.75 Å². The first-order valence-corrected chi connectivity index (χ1v) is 5.99. The molecule has 5 heteroatoms. The number of rotatable bonds is 4. The summed E-state index contributed by atoms with van der Waals surface area (Å²) in [5, 5.41) is 0.450. The maximum absolute atomic E-state index is 12.0. The zero-order valence-corrected chi connectivity index (χ0v) is 11.1. The SMILES string of the molecule is COc1ccc(Cl)cc1C(=O)OCc1ccccn1. The third-order valence-electron chi connectivity index (χ3n) is 2.46. The predicted molar refractivity (Wildman–Crippen MR) is 71.4 cm³/mol. The Morgan fingerprint density at radius 1 is 1.32 bits per heavy atom. The Kier molecular flexibility index (Phi) is 4.36. The number of pyridine rings is 1. The van der Waals surface area contributed by atoms with Crippen molar-refractivity contribution in [1.82, 2.24) is 4.98 Å². The fourth-order valence-corrected chi connectivity index (χ4v) is 1.71. The molecule has 0 N–H and O–H groups in total. The molecule has 0 saturated carbocycles. The third-order valence-corrected chi connectivity index (χ3v) is 2.69. The third kappa shape index (κ3) is 3.45. The summed E-state index contributed by atoms with van der Waals surface area (Å²) in [5.41, 5.74) is 0.975. The lowest BCUT2D eigenvalue weighted by Crippen LogP contribution is -2.07. The molecule has 0 aliphatic carbocycles. The number of carbonyl (C=O) groups is 1. The Bertz CT molecular complexity index is 572. The zero-order chi connectivity index (χ0) is 13.7. The normalized spacial score (nSPS) is 10.0. The smallest absolute Gasteiger partial charge is 0.342 e. The number of ether oxygens (including phenoxy) is 2. The van der Waals surface area contributed by atoms with Crippen LogP contribution in [0.2, 0.25) is 5.02 Å². The van der Waals surface area contributed by atoms with Gasteiger partial charge in [0.1, 0.15) is 17.9 Å². The zero-order valence-electron chi connectivity index (χ0n) is 10.3. The Morgan fingerprint density at radius 3 is 2.84 bits per heavy atom. The summed E-state index contributed by atoms with van der Waals surface area (Å²) >= 11 is 5.86. The second-order valence-electron chi connectivity index (χ2n) is 3.74. The Hall–Kier alpha value is -2.07. The number of hydrogen-bond acceptors (Lipinski definition) is 4. The van der Waals surface area contributed by atoms with Gasteiger partial charge in [0, 0.05) is 11.2 Å². The molecule has 19 heavy (non-hydrogen) atoms. The van der Waals surface area contributed by atoms with Gasteiger partial charge in [-0.2, -0.15) is 0 Å². The molecule has 98 valence electrons. The van der Waals surface area contributed by atoms with E-state index in [2.05, 4.69) is 4.98 Å². The molecule has 0 unspecified atom stereocenters. The highest BCUT2D eigenvalue weighted by Crippen LogP contribution is 2.23. The van der Waals surface area contributed by atoms with Crippen LogP contribution in [-0.4, -0.2) is 18.1 Å². The van der Waals surface area contributed by atoms with Gasteiger partial charge in [-0.3, -0.25) is 4.98 Å². The molecule has 0 saturated heterocycles. The molecule has 4 nitrogen and oxygen atoms in total. The molecular formula is C14H12ClNO3. The van der Waals surface area contributed by atoms with Crippen LogP contribution in [0.25, 0.3) is 0 Å². The van der Waals surface area contributed by atoms with Crippen molar-refractivity contribution in [3.63, 3.8) is 0 Å². The first-order valence-electron chi connectivity index (χ1n) is 5.61. The van der Waals surface area contributed by atoms with E-state index in [1.807, 2.05) is 6.07 Å². The number of benzene rings is 1. The van der Waals surface area contributed by atoms with Gasteiger partial charge in [-0.1, -0.05) is 17.7 Å². The van der Waals surface area contributed by atoms with Gasteiger partial charge in [-0.25, -0.2) is 4.79 Å². The summed E-state index contributed by atoms with van der Waals surface area (Å²) in [5.74, 6) is -0.0691. The summed E-state index contributed by atoms with van der Waals surface area (Å²) in [7, 11) is 1.48. The van der Waals surface area contributed by atoms with E-state index in [0.29, 0.717) is 22.0 Å². The van der Waals surface area contributed by atoms with Crippen LogP contribution in [0.3, 0.4) is 0 Å². The molecule has 0 radical (unpaired) electrons. The molecule has 0 aliphatic rings. The Labute approximate surface area is 115 Å². The second-order valence-corrected chi connectivity index (χ2v) is 4.18. The minimum atomic E-state index is -0.495. The van der Waals surface area contributed by atoms with Crippen molar-refractivity contribution in [1.29, 1.82) is 0 Å². The molecule has 0 atom stereocenters. The number of esters is 1. The molecule has 0 bridgehead atoms. The van der Waals surface area contributed by atoms with E-state index in [4.69, 9.17) is 21.1 Å². The molecule has 1 heterocycles. The van der Waals surface area contributed by atoms with Crippen molar-refractivity contribution < 1.29 is 14.3 Å². The van der Waals surface area contributed by atoms with Crippen LogP contribution in [-0.2, 0) is 11.3 Å². The summed E-state index contributed by atoms with van der Waals surface area (Å²) in [6.45, 7) is 0.106. The fourth-order valence-electron chi connectivity index (χ4n) is 1.54. The lowest BCUT2D eigenvalue weighted by atomic mass is 10.2. The first kappa shape index (κ1) is 13.4. The van der Waals surface area contributed by atoms with E-state index in [1.165, 1.54) is 13.2 Å². The Morgan fingerprint density at radius 2 is 2.16 bits per heavy atom. The molecule has 1 aromatic heterocycles. The summed E-state index contributed by atoms with van der Waals surface area (Å²) < 4.78 is 10.3. The molecule has 0 fully saturated rings. The van der Waals surface area contributed by atoms with Crippen LogP contribution in [0.15, 0.2) is 42.6 Å². The molecule has 2 rings (SSSR count). The summed E-state index contributed by atoms with van der Waals surface area (Å²) in [6.07, 6.45) is 1.64. The highest BCUT2D eigenvalue weighted by atomic mass is 35.5. The number of carbonyl (C=O) groups excluding carboxylic acids is 1. The molecule has 0 spiro atoms. The predicted octanol–water partition coefficient (Wildman–Crippen LogP) is 3.10. The van der Waals surface area contributed by atoms with Gasteiger partial charge < -0.3 is 9.47 Å². The average Bonchev–Trinajstić information content (AvgIpc) is 2.46. The minimum Gasteiger partial charge on any atom is -0.496 e. The number of hydrogen-bond donors (Lipinski definition) is 0. The van der Waals surface area contributed by atoms with Gasteiger partial charge >= 0.3 is 5.97 Å². The largest absolute Gasteiger partial charge is 0.496 e. The van der Waals surface area contributed by atoms with E-state index in [0.717, 1.165) is 0 Å². The van der Waals surface area contributed by atoms with Gasteiger partial charge in [-0.05, 0) is 30.3 Å². The van der Waals surface area contributed by atoms with Crippen LogP contribution in [0.5, 0.6) is 5.75 Å². The number of halogens is 1. The van der Waals surface area contributed by atoms with E-state index < -0.39 is 5.97 Å². The van der Waals surface area contributed by atoms with E-state index in [-0.39, 0.29) is 6.61 Å². The van der Waals surface area contributed by atoms with Crippen molar-refractivity contribution in [2.45, 2.75) is 6.61 Å². The van der Waals surface area contributed by atoms with Crippen molar-refractivity contribution in [3.05, 3.63) is 58.9 Å². The fraction of sp³-hybridized carbons (Fsp3) is 0.143. The van der Waals surface area contributed by atoms with Crippen molar-refractivity contribution >= 4 is 17.6 Å². The van der Waals surface area contributed by atoms with Gasteiger partial charge in [0.25, 0.3) is 0 Å². The number of nitrogens with zero attached hydrogens (tertiary/aromatic N) is 1. The molecular weight excluding hydrogens is 266 g/mol. The summed E-state index contributed by atoms with van der Waals surface area (Å²) in [4.78, 5) is 16.0. The van der Waals surface area contributed by atoms with Crippen LogP contribution in [0.4, 0.5) is 0 Å². The molecule has 0 aliphatic heterocycles. The second kappa shape index (κ2) is 6.20. The van der Waals surface area contributed by atoms with Crippen molar-refractivity contribution in [2.24, 2.45) is 0 Å². The van der Waals surface area contributed by atoms with E-state index >= 15 is 0 Å². The number of aromatic nitrogens is 1. The van der Waals surface area contributed by atoms with E-state index in [1.54, 1.807) is 30.5 Å². The van der Waals surface area contributed by atoms with Crippen LogP contribution in [0.1, 0.15) is 16.1 Å². The lowest BCUT2D eigenvalue weighted by molar-refractivity contribution is 0.0464. The highest BCUT2D eigenvalue weighted by Gasteiger charge is 2.14. The standard InChI is InChI=1S/C14H12ClNO3/c1-18-13-6-5-10(15)8-12(13)14(17)19-9-11-4-2-3-7-16-11/h2-8H,9H2,1H3.